The van der Waals surface area contributed by atoms with E-state index in [-0.39, 0.29) is 6.04 Å². The summed E-state index contributed by atoms with van der Waals surface area (Å²) in [5.74, 6) is 0. The molecule has 70 valence electrons. The van der Waals surface area contributed by atoms with Crippen LogP contribution >= 0.6 is 0 Å². The molecular formula is C8H13N5. The van der Waals surface area contributed by atoms with E-state index in [4.69, 9.17) is 5.53 Å². The van der Waals surface area contributed by atoms with Crippen molar-refractivity contribution in [1.82, 2.24) is 9.78 Å². The molecule has 5 heteroatoms. The zero-order valence-corrected chi connectivity index (χ0v) is 8.31. The molecule has 1 atom stereocenters. The third kappa shape index (κ3) is 1.65. The van der Waals surface area contributed by atoms with Crippen LogP contribution in [0.1, 0.15) is 29.9 Å². The van der Waals surface area contributed by atoms with Crippen molar-refractivity contribution in [3.63, 3.8) is 0 Å². The van der Waals surface area contributed by atoms with E-state index in [0.717, 1.165) is 17.0 Å². The highest BCUT2D eigenvalue weighted by Gasteiger charge is 2.14. The van der Waals surface area contributed by atoms with Crippen molar-refractivity contribution in [3.8, 4) is 0 Å². The molecular weight excluding hydrogens is 166 g/mol. The third-order valence-electron chi connectivity index (χ3n) is 2.21. The lowest BCUT2D eigenvalue weighted by Crippen LogP contribution is -1.95. The Morgan fingerprint density at radius 3 is 2.54 bits per heavy atom. The monoisotopic (exact) mass is 179 g/mol. The Morgan fingerprint density at radius 1 is 1.54 bits per heavy atom. The quantitative estimate of drug-likeness (QED) is 0.390. The van der Waals surface area contributed by atoms with Gasteiger partial charge in [0.05, 0.1) is 11.7 Å². The fraction of sp³-hybridized carbons (Fsp3) is 0.625. The van der Waals surface area contributed by atoms with Gasteiger partial charge in [0.25, 0.3) is 0 Å². The van der Waals surface area contributed by atoms with Gasteiger partial charge in [0.15, 0.2) is 0 Å². The van der Waals surface area contributed by atoms with Crippen LogP contribution in [0.25, 0.3) is 10.4 Å². The highest BCUT2D eigenvalue weighted by Crippen LogP contribution is 2.23. The first-order valence-electron chi connectivity index (χ1n) is 4.12. The summed E-state index contributed by atoms with van der Waals surface area (Å²) in [6, 6.07) is -0.140. The molecule has 1 aromatic rings. The molecule has 1 rings (SSSR count). The largest absolute Gasteiger partial charge is 0.272 e. The summed E-state index contributed by atoms with van der Waals surface area (Å²) in [4.78, 5) is 2.79. The Morgan fingerprint density at radius 2 is 2.15 bits per heavy atom. The summed E-state index contributed by atoms with van der Waals surface area (Å²) in [6.45, 7) is 5.77. The SMILES string of the molecule is Cc1nn(C)c(C)c1[C@H](C)N=[N+]=[N-]. The molecule has 0 fully saturated rings. The Labute approximate surface area is 77.0 Å². The van der Waals surface area contributed by atoms with Crippen molar-refractivity contribution in [2.75, 3.05) is 0 Å². The minimum atomic E-state index is -0.140. The topological polar surface area (TPSA) is 66.6 Å². The van der Waals surface area contributed by atoms with Crippen LogP contribution in [-0.4, -0.2) is 9.78 Å². The van der Waals surface area contributed by atoms with Crippen LogP contribution in [0.15, 0.2) is 5.11 Å². The first-order valence-corrected chi connectivity index (χ1v) is 4.12. The molecule has 13 heavy (non-hydrogen) atoms. The lowest BCUT2D eigenvalue weighted by Gasteiger charge is -2.04. The zero-order valence-electron chi connectivity index (χ0n) is 8.31. The molecule has 5 nitrogen and oxygen atoms in total. The maximum absolute atomic E-state index is 8.32. The van der Waals surface area contributed by atoms with Crippen molar-refractivity contribution in [2.45, 2.75) is 26.8 Å². The summed E-state index contributed by atoms with van der Waals surface area (Å²) in [5.41, 5.74) is 11.3. The van der Waals surface area contributed by atoms with Gasteiger partial charge in [-0.15, -0.1) is 0 Å². The van der Waals surface area contributed by atoms with Gasteiger partial charge >= 0.3 is 0 Å². The Hall–Kier alpha value is -1.48. The summed E-state index contributed by atoms with van der Waals surface area (Å²) in [6.07, 6.45) is 0. The fourth-order valence-corrected chi connectivity index (χ4v) is 1.53. The van der Waals surface area contributed by atoms with Gasteiger partial charge in [0.2, 0.25) is 0 Å². The highest BCUT2D eigenvalue weighted by atomic mass is 15.3. The first-order chi connectivity index (χ1) is 6.07. The van der Waals surface area contributed by atoms with Crippen LogP contribution in [-0.2, 0) is 7.05 Å². The van der Waals surface area contributed by atoms with Crippen molar-refractivity contribution in [1.29, 1.82) is 0 Å². The molecule has 0 radical (unpaired) electrons. The Bertz CT molecular complexity index is 359. The third-order valence-corrected chi connectivity index (χ3v) is 2.21. The number of nitrogens with zero attached hydrogens (tertiary/aromatic N) is 5. The number of hydrogen-bond donors (Lipinski definition) is 0. The molecule has 0 aliphatic rings. The van der Waals surface area contributed by atoms with Gasteiger partial charge in [-0.05, 0) is 19.4 Å². The predicted octanol–water partition coefficient (Wildman–Crippen LogP) is 2.41. The molecule has 0 saturated heterocycles. The van der Waals surface area contributed by atoms with E-state index in [2.05, 4.69) is 15.1 Å². The van der Waals surface area contributed by atoms with E-state index >= 15 is 0 Å². The second-order valence-corrected chi connectivity index (χ2v) is 3.09. The van der Waals surface area contributed by atoms with Crippen LogP contribution < -0.4 is 0 Å². The van der Waals surface area contributed by atoms with E-state index in [1.165, 1.54) is 0 Å². The van der Waals surface area contributed by atoms with Gasteiger partial charge in [-0.1, -0.05) is 12.0 Å². The van der Waals surface area contributed by atoms with E-state index in [0.29, 0.717) is 0 Å². The lowest BCUT2D eigenvalue weighted by atomic mass is 10.1. The normalized spacial score (nSPS) is 12.3. The number of hydrogen-bond acceptors (Lipinski definition) is 2. The summed E-state index contributed by atoms with van der Waals surface area (Å²) in [7, 11) is 1.88. The van der Waals surface area contributed by atoms with Crippen LogP contribution in [0, 0.1) is 13.8 Å². The van der Waals surface area contributed by atoms with Gasteiger partial charge in [0, 0.05) is 23.2 Å². The zero-order chi connectivity index (χ0) is 10.0. The number of aromatic nitrogens is 2. The standard InChI is InChI=1S/C8H13N5/c1-5(10-12-9)8-6(2)11-13(4)7(8)3/h5H,1-4H3/t5-/m0/s1. The number of rotatable bonds is 2. The van der Waals surface area contributed by atoms with Crippen LogP contribution in [0.2, 0.25) is 0 Å². The minimum Gasteiger partial charge on any atom is -0.272 e. The predicted molar refractivity (Wildman–Crippen MR) is 50.2 cm³/mol. The minimum absolute atomic E-state index is 0.140. The maximum Gasteiger partial charge on any atom is 0.0633 e. The van der Waals surface area contributed by atoms with Crippen molar-refractivity contribution >= 4 is 0 Å². The maximum atomic E-state index is 8.32. The molecule has 0 spiro atoms. The van der Waals surface area contributed by atoms with Crippen LogP contribution in [0.3, 0.4) is 0 Å². The van der Waals surface area contributed by atoms with Crippen molar-refractivity contribution < 1.29 is 0 Å². The molecule has 0 amide bonds. The molecule has 1 aromatic heterocycles. The molecule has 0 aliphatic heterocycles. The fourth-order valence-electron chi connectivity index (χ4n) is 1.53. The van der Waals surface area contributed by atoms with Gasteiger partial charge in [-0.2, -0.15) is 5.10 Å². The highest BCUT2D eigenvalue weighted by molar-refractivity contribution is 5.27. The Balaban J connectivity index is 3.19. The summed E-state index contributed by atoms with van der Waals surface area (Å²) < 4.78 is 1.80. The van der Waals surface area contributed by atoms with E-state index in [9.17, 15) is 0 Å². The number of aryl methyl sites for hydroxylation is 2. The van der Waals surface area contributed by atoms with E-state index < -0.39 is 0 Å². The molecule has 0 bridgehead atoms. The molecule has 0 unspecified atom stereocenters. The van der Waals surface area contributed by atoms with E-state index in [1.807, 2.05) is 27.8 Å². The smallest absolute Gasteiger partial charge is 0.0633 e. The van der Waals surface area contributed by atoms with Crippen LogP contribution in [0.4, 0.5) is 0 Å². The van der Waals surface area contributed by atoms with Crippen molar-refractivity contribution in [2.24, 2.45) is 12.2 Å². The molecule has 0 aromatic carbocycles. The Kier molecular flexibility index (Phi) is 2.58. The van der Waals surface area contributed by atoms with E-state index in [1.54, 1.807) is 4.68 Å². The average molecular weight is 179 g/mol. The lowest BCUT2D eigenvalue weighted by molar-refractivity contribution is 0.725. The van der Waals surface area contributed by atoms with Crippen LogP contribution in [0.5, 0.6) is 0 Å². The molecule has 1 heterocycles. The van der Waals surface area contributed by atoms with Gasteiger partial charge in [-0.3, -0.25) is 4.68 Å². The second kappa shape index (κ2) is 3.49. The second-order valence-electron chi connectivity index (χ2n) is 3.09. The molecule has 0 saturated carbocycles. The summed E-state index contributed by atoms with van der Waals surface area (Å²) >= 11 is 0. The first kappa shape index (κ1) is 9.61. The average Bonchev–Trinajstić information content (AvgIpc) is 2.27. The molecule has 0 N–H and O–H groups in total. The summed E-state index contributed by atoms with van der Waals surface area (Å²) in [5, 5.41) is 7.90. The number of azide groups is 1. The van der Waals surface area contributed by atoms with Gasteiger partial charge in [0.1, 0.15) is 0 Å². The molecule has 0 aliphatic carbocycles. The van der Waals surface area contributed by atoms with Gasteiger partial charge in [-0.25, -0.2) is 0 Å². The van der Waals surface area contributed by atoms with Crippen molar-refractivity contribution in [3.05, 3.63) is 27.4 Å². The van der Waals surface area contributed by atoms with Gasteiger partial charge < -0.3 is 0 Å².